The zero-order chi connectivity index (χ0) is 21.7. The van der Waals surface area contributed by atoms with Crippen molar-refractivity contribution in [3.63, 3.8) is 0 Å². The maximum Gasteiger partial charge on any atom is 0.355 e. The summed E-state index contributed by atoms with van der Waals surface area (Å²) in [5.74, 6) is -1.26. The average Bonchev–Trinajstić information content (AvgIpc) is 3.05. The molecule has 3 heterocycles. The van der Waals surface area contributed by atoms with Crippen molar-refractivity contribution in [3.8, 4) is 0 Å². The second kappa shape index (κ2) is 7.54. The Hall–Kier alpha value is -2.11. The molecule has 2 aromatic heterocycles. The molecule has 164 valence electrons. The fraction of sp³-hybridized carbons (Fsp3) is 0.647. The van der Waals surface area contributed by atoms with Gasteiger partial charge in [0, 0.05) is 38.9 Å². The highest BCUT2D eigenvalue weighted by Gasteiger charge is 2.65. The van der Waals surface area contributed by atoms with E-state index in [4.69, 9.17) is 18.5 Å². The molecule has 0 bridgehead atoms. The van der Waals surface area contributed by atoms with Crippen molar-refractivity contribution in [2.75, 3.05) is 25.9 Å². The predicted octanol–water partition coefficient (Wildman–Crippen LogP) is 1.81. The van der Waals surface area contributed by atoms with E-state index in [0.717, 1.165) is 0 Å². The Morgan fingerprint density at radius 3 is 2.87 bits per heavy atom. The Labute approximate surface area is 171 Å². The van der Waals surface area contributed by atoms with Gasteiger partial charge in [-0.15, -0.1) is 0 Å². The number of carbonyl (C=O) groups excluding carboxylic acids is 1. The molecule has 13 heteroatoms. The summed E-state index contributed by atoms with van der Waals surface area (Å²) < 4.78 is 35.5. The number of nitrogens with one attached hydrogen (secondary N) is 2. The van der Waals surface area contributed by atoms with E-state index >= 15 is 0 Å². The topological polar surface area (TPSA) is 147 Å². The number of rotatable bonds is 8. The lowest BCUT2D eigenvalue weighted by atomic mass is 10.2. The molecule has 30 heavy (non-hydrogen) atoms. The van der Waals surface area contributed by atoms with Crippen LogP contribution in [0.3, 0.4) is 0 Å². The molecule has 1 unspecified atom stereocenters. The number of aromatic nitrogens is 4. The first-order valence-corrected chi connectivity index (χ1v) is 11.2. The van der Waals surface area contributed by atoms with Gasteiger partial charge in [0.1, 0.15) is 6.23 Å². The molecule has 2 aromatic rings. The molecule has 0 aromatic carbocycles. The van der Waals surface area contributed by atoms with Crippen molar-refractivity contribution < 1.29 is 27.9 Å². The van der Waals surface area contributed by atoms with Crippen LogP contribution in [0, 0.1) is 11.8 Å². The highest BCUT2D eigenvalue weighted by Crippen LogP contribution is 2.61. The largest absolute Gasteiger partial charge is 0.355 e. The summed E-state index contributed by atoms with van der Waals surface area (Å²) >= 11 is 0. The molecule has 0 spiro atoms. The van der Waals surface area contributed by atoms with Gasteiger partial charge in [-0.25, -0.2) is 4.98 Å². The third kappa shape index (κ3) is 3.69. The minimum Gasteiger partial charge on any atom is -0.337 e. The number of fused-ring (bicyclic) bond motifs is 2. The minimum absolute atomic E-state index is 0.0446. The van der Waals surface area contributed by atoms with E-state index in [1.54, 1.807) is 18.4 Å². The van der Waals surface area contributed by atoms with E-state index in [0.29, 0.717) is 18.5 Å². The number of nitrogens with zero attached hydrogens (tertiary/aromatic N) is 3. The summed E-state index contributed by atoms with van der Waals surface area (Å²) in [6.07, 6.45) is 2.04. The van der Waals surface area contributed by atoms with Crippen LogP contribution in [0.1, 0.15) is 32.9 Å². The van der Waals surface area contributed by atoms with Crippen molar-refractivity contribution in [2.45, 2.75) is 38.7 Å². The van der Waals surface area contributed by atoms with Gasteiger partial charge >= 0.3 is 7.60 Å². The summed E-state index contributed by atoms with van der Waals surface area (Å²) in [4.78, 5) is 35.3. The monoisotopic (exact) mass is 441 g/mol. The number of anilines is 1. The van der Waals surface area contributed by atoms with Crippen molar-refractivity contribution in [2.24, 2.45) is 11.8 Å². The van der Waals surface area contributed by atoms with Crippen molar-refractivity contribution in [3.05, 3.63) is 16.7 Å². The second-order valence-electron chi connectivity index (χ2n) is 7.65. The van der Waals surface area contributed by atoms with E-state index in [1.165, 1.54) is 20.5 Å². The van der Waals surface area contributed by atoms with Gasteiger partial charge in [-0.2, -0.15) is 4.98 Å². The van der Waals surface area contributed by atoms with Crippen LogP contribution in [0.25, 0.3) is 11.2 Å². The zero-order valence-corrected chi connectivity index (χ0v) is 18.0. The first-order chi connectivity index (χ1) is 14.2. The van der Waals surface area contributed by atoms with E-state index in [1.807, 2.05) is 0 Å². The van der Waals surface area contributed by atoms with E-state index < -0.39 is 25.2 Å². The molecule has 2 N–H and O–H groups in total. The van der Waals surface area contributed by atoms with Crippen LogP contribution < -0.4 is 10.9 Å². The number of H-pyrrole nitrogens is 1. The molecule has 4 rings (SSSR count). The quantitative estimate of drug-likeness (QED) is 0.585. The van der Waals surface area contributed by atoms with Crippen molar-refractivity contribution in [1.82, 2.24) is 19.5 Å². The van der Waals surface area contributed by atoms with Gasteiger partial charge in [0.05, 0.1) is 6.33 Å². The van der Waals surface area contributed by atoms with Crippen LogP contribution in [0.2, 0.25) is 0 Å². The van der Waals surface area contributed by atoms with Gasteiger partial charge in [-0.3, -0.25) is 29.0 Å². The minimum atomic E-state index is -3.32. The molecule has 2 aliphatic rings. The first-order valence-electron chi connectivity index (χ1n) is 9.50. The molecule has 1 saturated heterocycles. The predicted molar refractivity (Wildman–Crippen MR) is 105 cm³/mol. The molecule has 12 nitrogen and oxygen atoms in total. The Morgan fingerprint density at radius 1 is 1.47 bits per heavy atom. The third-order valence-corrected chi connectivity index (χ3v) is 6.90. The highest BCUT2D eigenvalue weighted by atomic mass is 31.2. The maximum absolute atomic E-state index is 12.3. The number of ether oxygens (including phenoxy) is 2. The van der Waals surface area contributed by atoms with Crippen LogP contribution in [0.15, 0.2) is 11.1 Å². The Bertz CT molecular complexity index is 1070. The Kier molecular flexibility index (Phi) is 5.31. The zero-order valence-electron chi connectivity index (χ0n) is 17.1. The molecule has 1 saturated carbocycles. The lowest BCUT2D eigenvalue weighted by Crippen LogP contribution is -2.23. The number of hydrogen-bond acceptors (Lipinski definition) is 9. The van der Waals surface area contributed by atoms with Crippen LogP contribution >= 0.6 is 7.60 Å². The van der Waals surface area contributed by atoms with Crippen molar-refractivity contribution >= 4 is 30.6 Å². The van der Waals surface area contributed by atoms with E-state index in [9.17, 15) is 14.2 Å². The summed E-state index contributed by atoms with van der Waals surface area (Å²) in [6.45, 7) is 3.47. The molecule has 1 aliphatic heterocycles. The Morgan fingerprint density at radius 2 is 2.20 bits per heavy atom. The number of aromatic amines is 1. The SMILES string of the molecule is COP(=O)(COC12C[C@H]1C[C@H](n1cnc3c(=O)[nH]c(NC(=O)C(C)C)nc31)O2)OC. The lowest BCUT2D eigenvalue weighted by molar-refractivity contribution is -0.181. The summed E-state index contributed by atoms with van der Waals surface area (Å²) in [7, 11) is -0.731. The number of carbonyl (C=O) groups is 1. The van der Waals surface area contributed by atoms with Gasteiger partial charge in [0.25, 0.3) is 5.56 Å². The summed E-state index contributed by atoms with van der Waals surface area (Å²) in [6, 6.07) is 0. The summed E-state index contributed by atoms with van der Waals surface area (Å²) in [5.41, 5.74) is -0.0354. The maximum atomic E-state index is 12.3. The molecule has 1 aliphatic carbocycles. The van der Waals surface area contributed by atoms with Crippen LogP contribution in [-0.2, 0) is 27.9 Å². The molecule has 2 fully saturated rings. The van der Waals surface area contributed by atoms with E-state index in [2.05, 4.69) is 20.3 Å². The fourth-order valence-electron chi connectivity index (χ4n) is 3.42. The molecule has 3 atom stereocenters. The first kappa shape index (κ1) is 21.1. The van der Waals surface area contributed by atoms with Gasteiger partial charge in [0.2, 0.25) is 11.9 Å². The van der Waals surface area contributed by atoms with Gasteiger partial charge < -0.3 is 18.5 Å². The molecular weight excluding hydrogens is 417 g/mol. The van der Waals surface area contributed by atoms with Gasteiger partial charge in [-0.1, -0.05) is 13.8 Å². The number of imidazole rings is 1. The molecular formula is C17H24N5O7P. The molecule has 0 radical (unpaired) electrons. The smallest absolute Gasteiger partial charge is 0.337 e. The summed E-state index contributed by atoms with van der Waals surface area (Å²) in [5, 5.41) is 2.59. The fourth-order valence-corrected chi connectivity index (χ4v) is 4.16. The third-order valence-electron chi connectivity index (χ3n) is 5.35. The van der Waals surface area contributed by atoms with Crippen LogP contribution in [-0.4, -0.2) is 51.8 Å². The van der Waals surface area contributed by atoms with E-state index in [-0.39, 0.29) is 35.6 Å². The van der Waals surface area contributed by atoms with Crippen LogP contribution in [0.5, 0.6) is 0 Å². The average molecular weight is 441 g/mol. The lowest BCUT2D eigenvalue weighted by Gasteiger charge is -2.22. The number of hydrogen-bond donors (Lipinski definition) is 2. The Balaban J connectivity index is 1.55. The number of amides is 1. The van der Waals surface area contributed by atoms with Crippen molar-refractivity contribution in [1.29, 1.82) is 0 Å². The standard InChI is InChI=1S/C17H24N5O7P/c1-9(2)14(23)20-16-19-13-12(15(24)21-16)18-7-22(13)11-5-10-6-17(10,29-11)28-8-30(25,26-3)27-4/h7,9-11H,5-6,8H2,1-4H3,(H2,19,20,21,23,24)/t10-,11-,17?/m1/s1. The second-order valence-corrected chi connectivity index (χ2v) is 9.86. The van der Waals surface area contributed by atoms with Gasteiger partial charge in [-0.05, 0) is 0 Å². The normalized spacial score (nSPS) is 25.6. The molecule has 1 amide bonds. The highest BCUT2D eigenvalue weighted by molar-refractivity contribution is 7.53. The van der Waals surface area contributed by atoms with Gasteiger partial charge in [0.15, 0.2) is 23.3 Å². The van der Waals surface area contributed by atoms with Crippen LogP contribution in [0.4, 0.5) is 5.95 Å².